The van der Waals surface area contributed by atoms with E-state index in [4.69, 9.17) is 4.42 Å². The SMILES string of the molecule is Fc1cccc(-c2nnc3sc(/C=C/c4ccco4)nn23)c1. The topological polar surface area (TPSA) is 56.2 Å². The van der Waals surface area contributed by atoms with Crippen LogP contribution in [0.4, 0.5) is 4.39 Å². The summed E-state index contributed by atoms with van der Waals surface area (Å²) in [5.74, 6) is 0.946. The maximum Gasteiger partial charge on any atom is 0.235 e. The molecule has 4 rings (SSSR count). The van der Waals surface area contributed by atoms with Crippen molar-refractivity contribution in [2.24, 2.45) is 0 Å². The average Bonchev–Trinajstić information content (AvgIpc) is 3.22. The molecule has 7 heteroatoms. The van der Waals surface area contributed by atoms with E-state index in [1.54, 1.807) is 22.9 Å². The summed E-state index contributed by atoms with van der Waals surface area (Å²) < 4.78 is 20.2. The van der Waals surface area contributed by atoms with E-state index < -0.39 is 0 Å². The van der Waals surface area contributed by atoms with Crippen LogP contribution < -0.4 is 0 Å². The lowest BCUT2D eigenvalue weighted by atomic mass is 10.2. The van der Waals surface area contributed by atoms with Crippen molar-refractivity contribution in [3.8, 4) is 11.4 Å². The molecule has 22 heavy (non-hydrogen) atoms. The molecular weight excluding hydrogens is 303 g/mol. The van der Waals surface area contributed by atoms with Crippen molar-refractivity contribution in [3.05, 3.63) is 59.2 Å². The summed E-state index contributed by atoms with van der Waals surface area (Å²) in [7, 11) is 0. The molecular formula is C15H9FN4OS. The number of hydrogen-bond donors (Lipinski definition) is 0. The highest BCUT2D eigenvalue weighted by Gasteiger charge is 2.12. The quantitative estimate of drug-likeness (QED) is 0.578. The van der Waals surface area contributed by atoms with Gasteiger partial charge >= 0.3 is 0 Å². The number of fused-ring (bicyclic) bond motifs is 1. The fraction of sp³-hybridized carbons (Fsp3) is 0. The molecule has 0 aliphatic carbocycles. The van der Waals surface area contributed by atoms with Gasteiger partial charge in [0.05, 0.1) is 6.26 Å². The Morgan fingerprint density at radius 3 is 2.91 bits per heavy atom. The molecule has 5 nitrogen and oxygen atoms in total. The van der Waals surface area contributed by atoms with E-state index in [2.05, 4.69) is 15.3 Å². The van der Waals surface area contributed by atoms with Gasteiger partial charge in [-0.25, -0.2) is 4.39 Å². The third-order valence-electron chi connectivity index (χ3n) is 3.02. The molecule has 3 aromatic heterocycles. The van der Waals surface area contributed by atoms with Gasteiger partial charge in [-0.3, -0.25) is 0 Å². The zero-order chi connectivity index (χ0) is 14.9. The first-order chi connectivity index (χ1) is 10.8. The van der Waals surface area contributed by atoms with Crippen LogP contribution in [-0.2, 0) is 0 Å². The number of rotatable bonds is 3. The molecule has 4 aromatic rings. The van der Waals surface area contributed by atoms with E-state index in [1.165, 1.54) is 23.5 Å². The van der Waals surface area contributed by atoms with Crippen molar-refractivity contribution < 1.29 is 8.81 Å². The Hall–Kier alpha value is -2.80. The average molecular weight is 312 g/mol. The summed E-state index contributed by atoms with van der Waals surface area (Å²) in [5, 5.41) is 13.3. The van der Waals surface area contributed by atoms with Crippen LogP contribution in [-0.4, -0.2) is 19.8 Å². The van der Waals surface area contributed by atoms with Crippen LogP contribution in [0, 0.1) is 5.82 Å². The molecule has 0 spiro atoms. The molecule has 0 aliphatic heterocycles. The second-order valence-electron chi connectivity index (χ2n) is 4.52. The van der Waals surface area contributed by atoms with Crippen molar-refractivity contribution in [3.63, 3.8) is 0 Å². The second kappa shape index (κ2) is 5.19. The zero-order valence-corrected chi connectivity index (χ0v) is 12.0. The molecule has 0 radical (unpaired) electrons. The standard InChI is InChI=1S/C15H9FN4OS/c16-11-4-1-3-10(9-11)14-17-18-15-20(14)19-13(22-15)7-6-12-5-2-8-21-12/h1-9H/b7-6+. The van der Waals surface area contributed by atoms with E-state index >= 15 is 0 Å². The van der Waals surface area contributed by atoms with Gasteiger partial charge in [-0.05, 0) is 36.4 Å². The highest BCUT2D eigenvalue weighted by Crippen LogP contribution is 2.23. The third-order valence-corrected chi connectivity index (χ3v) is 3.89. The molecule has 108 valence electrons. The first-order valence-electron chi connectivity index (χ1n) is 6.49. The molecule has 0 bridgehead atoms. The Labute approximate surface area is 128 Å². The van der Waals surface area contributed by atoms with Crippen molar-refractivity contribution in [2.45, 2.75) is 0 Å². The lowest BCUT2D eigenvalue weighted by molar-refractivity contribution is 0.557. The van der Waals surface area contributed by atoms with Crippen molar-refractivity contribution >= 4 is 28.4 Å². The van der Waals surface area contributed by atoms with Crippen LogP contribution in [0.15, 0.2) is 47.1 Å². The largest absolute Gasteiger partial charge is 0.465 e. The van der Waals surface area contributed by atoms with Crippen LogP contribution in [0.25, 0.3) is 28.5 Å². The van der Waals surface area contributed by atoms with E-state index in [9.17, 15) is 4.39 Å². The summed E-state index contributed by atoms with van der Waals surface area (Å²) in [6.07, 6.45) is 5.28. The molecule has 1 aromatic carbocycles. The highest BCUT2D eigenvalue weighted by atomic mass is 32.1. The predicted molar refractivity (Wildman–Crippen MR) is 81.7 cm³/mol. The Balaban J connectivity index is 1.73. The Kier molecular flexibility index (Phi) is 3.05. The molecule has 0 aliphatic rings. The van der Waals surface area contributed by atoms with Crippen LogP contribution in [0.5, 0.6) is 0 Å². The maximum atomic E-state index is 13.3. The summed E-state index contributed by atoms with van der Waals surface area (Å²) in [5.41, 5.74) is 0.638. The summed E-state index contributed by atoms with van der Waals surface area (Å²) in [4.78, 5) is 0.651. The minimum absolute atomic E-state index is 0.317. The minimum atomic E-state index is -0.317. The van der Waals surface area contributed by atoms with E-state index in [-0.39, 0.29) is 5.82 Å². The Bertz CT molecular complexity index is 955. The van der Waals surface area contributed by atoms with Gasteiger partial charge < -0.3 is 4.42 Å². The van der Waals surface area contributed by atoms with E-state index in [0.717, 1.165) is 10.8 Å². The molecule has 0 saturated heterocycles. The maximum absolute atomic E-state index is 13.3. The number of hydrogen-bond acceptors (Lipinski definition) is 5. The van der Waals surface area contributed by atoms with Gasteiger partial charge in [0.15, 0.2) is 5.82 Å². The van der Waals surface area contributed by atoms with E-state index in [1.807, 2.05) is 24.3 Å². The summed E-state index contributed by atoms with van der Waals surface area (Å²) in [6.45, 7) is 0. The first-order valence-corrected chi connectivity index (χ1v) is 7.31. The smallest absolute Gasteiger partial charge is 0.235 e. The molecule has 0 unspecified atom stereocenters. The van der Waals surface area contributed by atoms with Crippen LogP contribution in [0.1, 0.15) is 10.8 Å². The molecule has 0 fully saturated rings. The van der Waals surface area contributed by atoms with Gasteiger partial charge in [-0.15, -0.1) is 10.2 Å². The monoisotopic (exact) mass is 312 g/mol. The fourth-order valence-corrected chi connectivity index (χ4v) is 2.79. The normalized spacial score (nSPS) is 11.7. The Morgan fingerprint density at radius 1 is 1.14 bits per heavy atom. The van der Waals surface area contributed by atoms with Gasteiger partial charge in [0, 0.05) is 5.56 Å². The zero-order valence-electron chi connectivity index (χ0n) is 11.2. The van der Waals surface area contributed by atoms with Gasteiger partial charge in [0.2, 0.25) is 4.96 Å². The van der Waals surface area contributed by atoms with Crippen LogP contribution >= 0.6 is 11.3 Å². The Morgan fingerprint density at radius 2 is 2.09 bits per heavy atom. The number of halogens is 1. The van der Waals surface area contributed by atoms with Crippen molar-refractivity contribution in [1.82, 2.24) is 19.8 Å². The predicted octanol–water partition coefficient (Wildman–Crippen LogP) is 3.76. The van der Waals surface area contributed by atoms with Gasteiger partial charge in [0.1, 0.15) is 16.6 Å². The summed E-state index contributed by atoms with van der Waals surface area (Å²) in [6, 6.07) is 9.89. The molecule has 0 N–H and O–H groups in total. The van der Waals surface area contributed by atoms with Gasteiger partial charge in [-0.2, -0.15) is 9.61 Å². The third kappa shape index (κ3) is 2.31. The molecule has 0 saturated carbocycles. The molecule has 3 heterocycles. The van der Waals surface area contributed by atoms with Crippen molar-refractivity contribution in [2.75, 3.05) is 0 Å². The van der Waals surface area contributed by atoms with Crippen LogP contribution in [0.2, 0.25) is 0 Å². The molecule has 0 amide bonds. The second-order valence-corrected chi connectivity index (χ2v) is 5.50. The highest BCUT2D eigenvalue weighted by molar-refractivity contribution is 7.17. The summed E-state index contributed by atoms with van der Waals surface area (Å²) >= 11 is 1.39. The number of nitrogens with zero attached hydrogens (tertiary/aromatic N) is 4. The lowest BCUT2D eigenvalue weighted by Gasteiger charge is -1.96. The number of aromatic nitrogens is 4. The lowest BCUT2D eigenvalue weighted by Crippen LogP contribution is -1.91. The van der Waals surface area contributed by atoms with Gasteiger partial charge in [-0.1, -0.05) is 23.5 Å². The van der Waals surface area contributed by atoms with Crippen LogP contribution in [0.3, 0.4) is 0 Å². The fourth-order valence-electron chi connectivity index (χ4n) is 2.05. The van der Waals surface area contributed by atoms with E-state index in [0.29, 0.717) is 16.3 Å². The number of benzene rings is 1. The van der Waals surface area contributed by atoms with Gasteiger partial charge in [0.25, 0.3) is 0 Å². The minimum Gasteiger partial charge on any atom is -0.465 e. The first kappa shape index (κ1) is 12.9. The van der Waals surface area contributed by atoms with Crippen molar-refractivity contribution in [1.29, 1.82) is 0 Å². The number of furan rings is 1. The molecule has 0 atom stereocenters.